The molecule has 0 radical (unpaired) electrons. The molecule has 0 atom stereocenters. The first-order valence-electron chi connectivity index (χ1n) is 7.41. The molecule has 7 heteroatoms. The molecule has 1 aliphatic heterocycles. The molecule has 0 aliphatic carbocycles. The minimum Gasteiger partial charge on any atom is -0.428 e. The van der Waals surface area contributed by atoms with Crippen molar-refractivity contribution in [3.8, 4) is 0 Å². The average molecular weight is 340 g/mol. The van der Waals surface area contributed by atoms with Crippen LogP contribution in [0.4, 0.5) is 4.79 Å². The summed E-state index contributed by atoms with van der Waals surface area (Å²) in [7, 11) is 0. The van der Waals surface area contributed by atoms with E-state index in [0.29, 0.717) is 15.6 Å². The first kappa shape index (κ1) is 17.3. The van der Waals surface area contributed by atoms with E-state index in [4.69, 9.17) is 16.3 Å². The largest absolute Gasteiger partial charge is 0.534 e. The van der Waals surface area contributed by atoms with Crippen LogP contribution in [0.1, 0.15) is 42.9 Å². The fraction of sp³-hybridized carbons (Fsp3) is 0.438. The van der Waals surface area contributed by atoms with Crippen molar-refractivity contribution >= 4 is 29.6 Å². The molecule has 0 saturated carbocycles. The maximum Gasteiger partial charge on any atom is 0.534 e. The summed E-state index contributed by atoms with van der Waals surface area (Å²) in [4.78, 5) is 39.1. The van der Waals surface area contributed by atoms with Crippen LogP contribution in [0.25, 0.3) is 0 Å². The van der Waals surface area contributed by atoms with Crippen LogP contribution in [0.15, 0.2) is 12.1 Å². The van der Waals surface area contributed by atoms with Gasteiger partial charge < -0.3 is 4.74 Å². The number of hydrogen-bond acceptors (Lipinski definition) is 5. The van der Waals surface area contributed by atoms with E-state index < -0.39 is 18.0 Å². The standard InChI is InChI=1S/C16H18ClNO5/c1-3-4-11-6-5-10(2)15(17)12(11)9-22-16(21)23-18-13(19)7-8-14(18)20/h5-6H,3-4,7-9H2,1-2H3. The Morgan fingerprint density at radius 2 is 1.91 bits per heavy atom. The van der Waals surface area contributed by atoms with Gasteiger partial charge in [0.25, 0.3) is 11.8 Å². The molecular weight excluding hydrogens is 322 g/mol. The zero-order chi connectivity index (χ0) is 17.0. The van der Waals surface area contributed by atoms with E-state index in [9.17, 15) is 14.4 Å². The van der Waals surface area contributed by atoms with Crippen molar-refractivity contribution in [2.75, 3.05) is 0 Å². The predicted molar refractivity (Wildman–Crippen MR) is 82.5 cm³/mol. The zero-order valence-electron chi connectivity index (χ0n) is 13.1. The molecule has 1 aliphatic rings. The Morgan fingerprint density at radius 1 is 1.26 bits per heavy atom. The molecular formula is C16H18ClNO5. The van der Waals surface area contributed by atoms with E-state index in [-0.39, 0.29) is 19.4 Å². The van der Waals surface area contributed by atoms with Gasteiger partial charge in [0.05, 0.1) is 5.02 Å². The summed E-state index contributed by atoms with van der Waals surface area (Å²) < 4.78 is 5.02. The summed E-state index contributed by atoms with van der Waals surface area (Å²) in [6.07, 6.45) is 0.700. The van der Waals surface area contributed by atoms with E-state index >= 15 is 0 Å². The van der Waals surface area contributed by atoms with E-state index in [2.05, 4.69) is 4.84 Å². The third-order valence-corrected chi connectivity index (χ3v) is 4.08. The zero-order valence-corrected chi connectivity index (χ0v) is 13.8. The van der Waals surface area contributed by atoms with Crippen LogP contribution >= 0.6 is 11.6 Å². The normalized spacial score (nSPS) is 14.3. The molecule has 1 saturated heterocycles. The van der Waals surface area contributed by atoms with Crippen molar-refractivity contribution in [1.29, 1.82) is 0 Å². The Morgan fingerprint density at radius 3 is 2.52 bits per heavy atom. The maximum atomic E-state index is 11.7. The number of nitrogens with zero attached hydrogens (tertiary/aromatic N) is 1. The lowest BCUT2D eigenvalue weighted by Crippen LogP contribution is -2.32. The third kappa shape index (κ3) is 4.01. The molecule has 1 fully saturated rings. The van der Waals surface area contributed by atoms with Gasteiger partial charge in [-0.3, -0.25) is 14.4 Å². The van der Waals surface area contributed by atoms with Crippen LogP contribution < -0.4 is 0 Å². The number of amides is 2. The van der Waals surface area contributed by atoms with Gasteiger partial charge in [-0.05, 0) is 24.5 Å². The van der Waals surface area contributed by atoms with Crippen LogP contribution in [-0.4, -0.2) is 23.0 Å². The van der Waals surface area contributed by atoms with E-state index in [0.717, 1.165) is 24.0 Å². The Kier molecular flexibility index (Phi) is 5.60. The number of benzene rings is 1. The van der Waals surface area contributed by atoms with Gasteiger partial charge in [-0.1, -0.05) is 42.1 Å². The molecule has 6 nitrogen and oxygen atoms in total. The summed E-state index contributed by atoms with van der Waals surface area (Å²) in [5.74, 6) is -1.10. The van der Waals surface area contributed by atoms with E-state index in [1.807, 2.05) is 26.0 Å². The summed E-state index contributed by atoms with van der Waals surface area (Å²) in [6.45, 7) is 3.82. The van der Waals surface area contributed by atoms with Crippen molar-refractivity contribution in [2.45, 2.75) is 46.1 Å². The van der Waals surface area contributed by atoms with Crippen molar-refractivity contribution in [3.63, 3.8) is 0 Å². The van der Waals surface area contributed by atoms with Gasteiger partial charge in [0.15, 0.2) is 0 Å². The molecule has 2 rings (SSSR count). The fourth-order valence-electron chi connectivity index (χ4n) is 2.33. The molecule has 2 amide bonds. The molecule has 0 unspecified atom stereocenters. The van der Waals surface area contributed by atoms with Crippen LogP contribution in [0.3, 0.4) is 0 Å². The number of aryl methyl sites for hydroxylation is 2. The van der Waals surface area contributed by atoms with Gasteiger partial charge in [-0.25, -0.2) is 4.79 Å². The summed E-state index contributed by atoms with van der Waals surface area (Å²) >= 11 is 6.28. The Labute approximate surface area is 139 Å². The van der Waals surface area contributed by atoms with Crippen molar-refractivity contribution in [3.05, 3.63) is 33.8 Å². The highest BCUT2D eigenvalue weighted by Crippen LogP contribution is 2.26. The van der Waals surface area contributed by atoms with Gasteiger partial charge in [-0.2, -0.15) is 0 Å². The van der Waals surface area contributed by atoms with Crippen LogP contribution in [0.5, 0.6) is 0 Å². The van der Waals surface area contributed by atoms with Crippen LogP contribution in [0.2, 0.25) is 5.02 Å². The maximum absolute atomic E-state index is 11.7. The van der Waals surface area contributed by atoms with Gasteiger partial charge in [-0.15, -0.1) is 0 Å². The molecule has 1 heterocycles. The van der Waals surface area contributed by atoms with Crippen molar-refractivity contribution < 1.29 is 24.0 Å². The number of halogens is 1. The molecule has 0 N–H and O–H groups in total. The first-order valence-corrected chi connectivity index (χ1v) is 7.79. The second-order valence-corrected chi connectivity index (χ2v) is 5.67. The van der Waals surface area contributed by atoms with Gasteiger partial charge in [0.2, 0.25) is 0 Å². The highest BCUT2D eigenvalue weighted by Gasteiger charge is 2.33. The van der Waals surface area contributed by atoms with Crippen LogP contribution in [-0.2, 0) is 32.2 Å². The second-order valence-electron chi connectivity index (χ2n) is 5.30. The number of carbonyl (C=O) groups is 3. The number of rotatable bonds is 5. The topological polar surface area (TPSA) is 72.9 Å². The third-order valence-electron chi connectivity index (χ3n) is 3.56. The molecule has 0 aromatic heterocycles. The summed E-state index contributed by atoms with van der Waals surface area (Å²) in [6, 6.07) is 3.86. The Hall–Kier alpha value is -2.08. The number of hydroxylamine groups is 2. The molecule has 1 aromatic rings. The lowest BCUT2D eigenvalue weighted by atomic mass is 10.0. The molecule has 1 aromatic carbocycles. The Balaban J connectivity index is 2.02. The van der Waals surface area contributed by atoms with Crippen LogP contribution in [0, 0.1) is 6.92 Å². The SMILES string of the molecule is CCCc1ccc(C)c(Cl)c1COC(=O)ON1C(=O)CCC1=O. The predicted octanol–water partition coefficient (Wildman–Crippen LogP) is 3.32. The average Bonchev–Trinajstić information content (AvgIpc) is 2.82. The number of ether oxygens (including phenoxy) is 1. The fourth-order valence-corrected chi connectivity index (χ4v) is 2.57. The number of hydrogen-bond donors (Lipinski definition) is 0. The van der Waals surface area contributed by atoms with Gasteiger partial charge in [0, 0.05) is 18.4 Å². The molecule has 23 heavy (non-hydrogen) atoms. The van der Waals surface area contributed by atoms with Crippen molar-refractivity contribution in [2.24, 2.45) is 0 Å². The lowest BCUT2D eigenvalue weighted by molar-refractivity contribution is -0.177. The number of carbonyl (C=O) groups excluding carboxylic acids is 3. The minimum atomic E-state index is -1.10. The molecule has 0 spiro atoms. The van der Waals surface area contributed by atoms with Gasteiger partial charge >= 0.3 is 6.16 Å². The first-order chi connectivity index (χ1) is 10.9. The van der Waals surface area contributed by atoms with E-state index in [1.165, 1.54) is 0 Å². The monoisotopic (exact) mass is 339 g/mol. The summed E-state index contributed by atoms with van der Waals surface area (Å²) in [5.41, 5.74) is 2.58. The Bertz CT molecular complexity index is 628. The van der Waals surface area contributed by atoms with Gasteiger partial charge in [0.1, 0.15) is 6.61 Å². The van der Waals surface area contributed by atoms with Crippen molar-refractivity contribution in [1.82, 2.24) is 5.06 Å². The quantitative estimate of drug-likeness (QED) is 0.607. The highest BCUT2D eigenvalue weighted by atomic mass is 35.5. The molecule has 0 bridgehead atoms. The molecule has 124 valence electrons. The highest BCUT2D eigenvalue weighted by molar-refractivity contribution is 6.32. The van der Waals surface area contributed by atoms with E-state index in [1.54, 1.807) is 0 Å². The second kappa shape index (κ2) is 7.46. The smallest absolute Gasteiger partial charge is 0.428 e. The number of imide groups is 1. The summed E-state index contributed by atoms with van der Waals surface area (Å²) in [5, 5.41) is 0.990. The minimum absolute atomic E-state index is 0.0382. The lowest BCUT2D eigenvalue weighted by Gasteiger charge is -2.15.